The Morgan fingerprint density at radius 3 is 2.03 bits per heavy atom. The van der Waals surface area contributed by atoms with Gasteiger partial charge in [-0.2, -0.15) is 0 Å². The molecule has 0 fully saturated rings. The number of anilines is 3. The molecule has 0 saturated heterocycles. The number of carbonyl (C=O) groups is 1. The van der Waals surface area contributed by atoms with Crippen molar-refractivity contribution in [3.05, 3.63) is 76.9 Å². The summed E-state index contributed by atoms with van der Waals surface area (Å²) in [5, 5.41) is 2.64. The standard InChI is InChI=1S/C28H31N3O/c1-29(2)21-9-7-8-19-26(21)24(32)15-17-28(19)16-14-18-10-12-22(30(3)4)27-23(31(5)6)13-11-20(28)25(18)27/h7-13,15,17H,14,16H2,1-6H3/t28-/m0/s1. The fraction of sp³-hybridized carbons (Fsp3) is 0.321. The first-order valence-electron chi connectivity index (χ1n) is 11.2. The van der Waals surface area contributed by atoms with Crippen molar-refractivity contribution in [3.63, 3.8) is 0 Å². The van der Waals surface area contributed by atoms with E-state index in [9.17, 15) is 4.79 Å². The van der Waals surface area contributed by atoms with Gasteiger partial charge in [-0.25, -0.2) is 0 Å². The maximum Gasteiger partial charge on any atom is 0.187 e. The lowest BCUT2D eigenvalue weighted by molar-refractivity contribution is 0.104. The lowest BCUT2D eigenvalue weighted by Gasteiger charge is -2.41. The van der Waals surface area contributed by atoms with Crippen LogP contribution in [0.1, 0.15) is 33.5 Å². The van der Waals surface area contributed by atoms with Crippen LogP contribution in [-0.4, -0.2) is 48.1 Å². The molecule has 4 nitrogen and oxygen atoms in total. The van der Waals surface area contributed by atoms with Crippen LogP contribution in [-0.2, 0) is 11.8 Å². The van der Waals surface area contributed by atoms with Crippen molar-refractivity contribution in [3.8, 4) is 0 Å². The molecular formula is C28H31N3O. The summed E-state index contributed by atoms with van der Waals surface area (Å²) in [6, 6.07) is 15.4. The van der Waals surface area contributed by atoms with Crippen molar-refractivity contribution in [2.45, 2.75) is 18.3 Å². The van der Waals surface area contributed by atoms with Gasteiger partial charge >= 0.3 is 0 Å². The normalized spacial score (nSPS) is 18.8. The second-order valence-electron chi connectivity index (χ2n) is 9.68. The monoisotopic (exact) mass is 425 g/mol. The van der Waals surface area contributed by atoms with Gasteiger partial charge in [0.15, 0.2) is 5.78 Å². The van der Waals surface area contributed by atoms with Gasteiger partial charge in [0.2, 0.25) is 0 Å². The van der Waals surface area contributed by atoms with Crippen LogP contribution in [0, 0.1) is 0 Å². The van der Waals surface area contributed by atoms with Crippen molar-refractivity contribution < 1.29 is 4.79 Å². The fourth-order valence-corrected chi connectivity index (χ4v) is 5.71. The van der Waals surface area contributed by atoms with Gasteiger partial charge in [0, 0.05) is 75.7 Å². The Hall–Kier alpha value is -3.27. The van der Waals surface area contributed by atoms with Gasteiger partial charge in [-0.1, -0.05) is 30.3 Å². The predicted octanol–water partition coefficient (Wildman–Crippen LogP) is 5.02. The van der Waals surface area contributed by atoms with Crippen LogP contribution >= 0.6 is 0 Å². The van der Waals surface area contributed by atoms with Crippen molar-refractivity contribution in [1.82, 2.24) is 0 Å². The van der Waals surface area contributed by atoms with Gasteiger partial charge in [0.25, 0.3) is 0 Å². The average Bonchev–Trinajstić information content (AvgIpc) is 2.77. The summed E-state index contributed by atoms with van der Waals surface area (Å²) in [5.74, 6) is 0.101. The Morgan fingerprint density at radius 2 is 1.38 bits per heavy atom. The third-order valence-electron chi connectivity index (χ3n) is 7.21. The summed E-state index contributed by atoms with van der Waals surface area (Å²) in [6.45, 7) is 0. The molecule has 0 radical (unpaired) electrons. The molecule has 0 N–H and O–H groups in total. The summed E-state index contributed by atoms with van der Waals surface area (Å²) >= 11 is 0. The van der Waals surface area contributed by atoms with Crippen LogP contribution in [0.5, 0.6) is 0 Å². The van der Waals surface area contributed by atoms with E-state index in [-0.39, 0.29) is 11.2 Å². The van der Waals surface area contributed by atoms with Crippen molar-refractivity contribution >= 4 is 33.6 Å². The summed E-state index contributed by atoms with van der Waals surface area (Å²) < 4.78 is 0. The van der Waals surface area contributed by atoms with Crippen molar-refractivity contribution in [2.24, 2.45) is 0 Å². The minimum atomic E-state index is -0.295. The van der Waals surface area contributed by atoms with Gasteiger partial charge in [-0.05, 0) is 59.2 Å². The first-order chi connectivity index (χ1) is 15.3. The highest BCUT2D eigenvalue weighted by Crippen LogP contribution is 2.52. The van der Waals surface area contributed by atoms with E-state index in [1.165, 1.54) is 33.3 Å². The lowest BCUT2D eigenvalue weighted by atomic mass is 9.62. The number of fused-ring (bicyclic) bond motifs is 3. The van der Waals surface area contributed by atoms with Crippen LogP contribution < -0.4 is 14.7 Å². The Balaban J connectivity index is 1.90. The number of ketones is 1. The summed E-state index contributed by atoms with van der Waals surface area (Å²) in [7, 11) is 12.5. The highest BCUT2D eigenvalue weighted by atomic mass is 16.1. The zero-order chi connectivity index (χ0) is 22.8. The highest BCUT2D eigenvalue weighted by molar-refractivity contribution is 6.13. The minimum absolute atomic E-state index is 0.101. The molecule has 0 aromatic heterocycles. The first kappa shape index (κ1) is 20.6. The molecule has 5 rings (SSSR count). The number of carbonyl (C=O) groups excluding carboxylic acids is 1. The molecule has 1 atom stereocenters. The number of hydrogen-bond donors (Lipinski definition) is 0. The molecule has 4 heteroatoms. The number of benzene rings is 3. The molecule has 0 amide bonds. The van der Waals surface area contributed by atoms with Gasteiger partial charge < -0.3 is 14.7 Å². The van der Waals surface area contributed by atoms with E-state index in [2.05, 4.69) is 91.4 Å². The van der Waals surface area contributed by atoms with Crippen molar-refractivity contribution in [1.29, 1.82) is 0 Å². The second kappa shape index (κ2) is 7.13. The molecule has 0 heterocycles. The molecule has 3 aromatic rings. The Labute approximate surface area is 190 Å². The molecule has 0 unspecified atom stereocenters. The number of nitrogens with zero attached hydrogens (tertiary/aromatic N) is 3. The molecule has 0 bridgehead atoms. The van der Waals surface area contributed by atoms with E-state index in [0.29, 0.717) is 0 Å². The number of aryl methyl sites for hydroxylation is 1. The van der Waals surface area contributed by atoms with Crippen molar-refractivity contribution in [2.75, 3.05) is 57.0 Å². The Kier molecular flexibility index (Phi) is 4.59. The van der Waals surface area contributed by atoms with Gasteiger partial charge in [-0.15, -0.1) is 0 Å². The Morgan fingerprint density at radius 1 is 0.719 bits per heavy atom. The quantitative estimate of drug-likeness (QED) is 0.589. The zero-order valence-electron chi connectivity index (χ0n) is 19.9. The van der Waals surface area contributed by atoms with Crippen LogP contribution in [0.15, 0.2) is 54.6 Å². The summed E-state index contributed by atoms with van der Waals surface area (Å²) in [6.07, 6.45) is 5.93. The van der Waals surface area contributed by atoms with Crippen LogP contribution in [0.25, 0.3) is 10.8 Å². The second-order valence-corrected chi connectivity index (χ2v) is 9.68. The number of rotatable bonds is 3. The third-order valence-corrected chi connectivity index (χ3v) is 7.21. The van der Waals surface area contributed by atoms with E-state index >= 15 is 0 Å². The zero-order valence-corrected chi connectivity index (χ0v) is 19.9. The summed E-state index contributed by atoms with van der Waals surface area (Å²) in [5.41, 5.74) is 7.83. The first-order valence-corrected chi connectivity index (χ1v) is 11.2. The van der Waals surface area contributed by atoms with Gasteiger partial charge in [-0.3, -0.25) is 4.79 Å². The predicted molar refractivity (Wildman–Crippen MR) is 136 cm³/mol. The molecule has 164 valence electrons. The third kappa shape index (κ3) is 2.72. The Bertz CT molecular complexity index is 1270. The molecule has 1 spiro atoms. The van der Waals surface area contributed by atoms with Crippen LogP contribution in [0.3, 0.4) is 0 Å². The van der Waals surface area contributed by atoms with E-state index in [0.717, 1.165) is 29.7 Å². The maximum absolute atomic E-state index is 13.1. The van der Waals surface area contributed by atoms with E-state index in [1.807, 2.05) is 20.2 Å². The van der Waals surface area contributed by atoms with E-state index in [1.54, 1.807) is 0 Å². The molecular weight excluding hydrogens is 394 g/mol. The van der Waals surface area contributed by atoms with Crippen LogP contribution in [0.2, 0.25) is 0 Å². The highest BCUT2D eigenvalue weighted by Gasteiger charge is 2.42. The maximum atomic E-state index is 13.1. The van der Waals surface area contributed by atoms with Gasteiger partial charge in [0.1, 0.15) is 0 Å². The van der Waals surface area contributed by atoms with Gasteiger partial charge in [0.05, 0.1) is 0 Å². The summed E-state index contributed by atoms with van der Waals surface area (Å²) in [4.78, 5) is 19.5. The largest absolute Gasteiger partial charge is 0.377 e. The molecule has 2 aliphatic carbocycles. The van der Waals surface area contributed by atoms with E-state index < -0.39 is 0 Å². The average molecular weight is 426 g/mol. The SMILES string of the molecule is CN(C)c1cccc2c1C(=O)C=C[C@@]21CCc2ccc(N(C)C)c3c(N(C)C)ccc1c23. The molecule has 32 heavy (non-hydrogen) atoms. The topological polar surface area (TPSA) is 26.8 Å². The van der Waals surface area contributed by atoms with E-state index in [4.69, 9.17) is 0 Å². The molecule has 0 aliphatic heterocycles. The molecule has 3 aromatic carbocycles. The molecule has 0 saturated carbocycles. The number of hydrogen-bond acceptors (Lipinski definition) is 4. The van der Waals surface area contributed by atoms with Crippen LogP contribution in [0.4, 0.5) is 17.1 Å². The molecule has 2 aliphatic rings. The minimum Gasteiger partial charge on any atom is -0.377 e. The smallest absolute Gasteiger partial charge is 0.187 e. The fourth-order valence-electron chi connectivity index (χ4n) is 5.71. The lowest BCUT2D eigenvalue weighted by Crippen LogP contribution is -2.35. The number of allylic oxidation sites excluding steroid dienone is 2.